The van der Waals surface area contributed by atoms with Crippen molar-refractivity contribution in [2.45, 2.75) is 19.0 Å². The maximum absolute atomic E-state index is 14.7. The highest BCUT2D eigenvalue weighted by Gasteiger charge is 2.33. The molecule has 3 amide bonds. The van der Waals surface area contributed by atoms with Crippen LogP contribution in [0.1, 0.15) is 0 Å². The number of nitrogens with one attached hydrogen (secondary N) is 3. The van der Waals surface area contributed by atoms with Crippen molar-refractivity contribution in [1.29, 1.82) is 0 Å². The Labute approximate surface area is 193 Å². The number of ether oxygens (including phenoxy) is 1. The maximum atomic E-state index is 14.7. The van der Waals surface area contributed by atoms with Crippen LogP contribution in [-0.4, -0.2) is 50.0 Å². The van der Waals surface area contributed by atoms with E-state index < -0.39 is 48.1 Å². The van der Waals surface area contributed by atoms with Crippen LogP contribution >= 0.6 is 0 Å². The van der Waals surface area contributed by atoms with Gasteiger partial charge in [0.15, 0.2) is 0 Å². The summed E-state index contributed by atoms with van der Waals surface area (Å²) >= 11 is 0. The van der Waals surface area contributed by atoms with E-state index in [9.17, 15) is 41.1 Å². The number of halogens is 5. The lowest BCUT2D eigenvalue weighted by atomic mass is 10.2. The molecule has 2 aromatic carbocycles. The Balaban J connectivity index is 1.70. The monoisotopic (exact) mass is 500 g/mol. The third-order valence-corrected chi connectivity index (χ3v) is 4.67. The molecule has 0 aromatic heterocycles. The van der Waals surface area contributed by atoms with Crippen LogP contribution < -0.4 is 26.3 Å². The molecular formula is C21H17F5N4O5. The quantitative estimate of drug-likeness (QED) is 0.480. The predicted molar refractivity (Wildman–Crippen MR) is 114 cm³/mol. The van der Waals surface area contributed by atoms with Crippen molar-refractivity contribution in [2.75, 3.05) is 28.6 Å². The Morgan fingerprint density at radius 1 is 1.00 bits per heavy atom. The number of carbonyl (C=O) groups is 3. The molecule has 1 aliphatic heterocycles. The fraction of sp³-hybridized carbons (Fsp3) is 0.238. The summed E-state index contributed by atoms with van der Waals surface area (Å²) in [4.78, 5) is 47.5. The number of rotatable bonds is 8. The van der Waals surface area contributed by atoms with Crippen molar-refractivity contribution in [2.24, 2.45) is 0 Å². The number of anilines is 4. The molecule has 0 saturated carbocycles. The van der Waals surface area contributed by atoms with Gasteiger partial charge in [0, 0.05) is 11.8 Å². The zero-order valence-electron chi connectivity index (χ0n) is 17.6. The van der Waals surface area contributed by atoms with E-state index in [4.69, 9.17) is 4.74 Å². The average Bonchev–Trinajstić information content (AvgIpc) is 3.08. The second kappa shape index (κ2) is 10.8. The van der Waals surface area contributed by atoms with Crippen molar-refractivity contribution in [3.63, 3.8) is 0 Å². The second-order valence-corrected chi connectivity index (χ2v) is 7.14. The minimum atomic E-state index is -3.28. The number of hydrogen-bond acceptors (Lipinski definition) is 6. The van der Waals surface area contributed by atoms with Gasteiger partial charge >= 0.3 is 18.9 Å². The third-order valence-electron chi connectivity index (χ3n) is 4.67. The molecule has 0 spiro atoms. The summed E-state index contributed by atoms with van der Waals surface area (Å²) in [7, 11) is 0. The van der Waals surface area contributed by atoms with E-state index >= 15 is 0 Å². The van der Waals surface area contributed by atoms with E-state index in [2.05, 4.69) is 5.32 Å². The first kappa shape index (κ1) is 25.4. The summed E-state index contributed by atoms with van der Waals surface area (Å²) in [6, 6.07) is 8.11. The van der Waals surface area contributed by atoms with Gasteiger partial charge in [-0.1, -0.05) is 6.07 Å². The van der Waals surface area contributed by atoms with Crippen LogP contribution in [0.15, 0.2) is 47.3 Å². The molecule has 14 heteroatoms. The van der Waals surface area contributed by atoms with Gasteiger partial charge in [0.1, 0.15) is 11.9 Å². The summed E-state index contributed by atoms with van der Waals surface area (Å²) in [6.45, 7) is -0.495. The van der Waals surface area contributed by atoms with Gasteiger partial charge in [0.25, 0.3) is 11.8 Å². The fourth-order valence-electron chi connectivity index (χ4n) is 3.02. The number of alkyl halides is 4. The predicted octanol–water partition coefficient (Wildman–Crippen LogP) is 2.84. The van der Waals surface area contributed by atoms with E-state index in [1.54, 1.807) is 0 Å². The van der Waals surface area contributed by atoms with Crippen LogP contribution in [0.2, 0.25) is 0 Å². The molecular weight excluding hydrogens is 483 g/mol. The van der Waals surface area contributed by atoms with Gasteiger partial charge in [-0.25, -0.2) is 9.18 Å². The standard InChI is InChI=1S/C21H17F5N4O5/c22-13-7-11(30-9-12(35-21(30)34)8-27-19(32)17(23)24)4-5-14(13)29-15-3-1-2-10(6-16(15)31)28-20(33)18(25)26/h1-7,12,17-18H,8-9H2,(H,27,32)(H,28,33)(H,29,31)/t12-/m0/s1. The number of nitrogens with zero attached hydrogens (tertiary/aromatic N) is 1. The van der Waals surface area contributed by atoms with E-state index in [1.165, 1.54) is 30.3 Å². The molecule has 1 aliphatic rings. The van der Waals surface area contributed by atoms with E-state index in [1.807, 2.05) is 10.6 Å². The highest BCUT2D eigenvalue weighted by Crippen LogP contribution is 2.27. The van der Waals surface area contributed by atoms with Gasteiger partial charge in [-0.15, -0.1) is 0 Å². The molecule has 1 saturated heterocycles. The Morgan fingerprint density at radius 3 is 2.37 bits per heavy atom. The summed E-state index contributed by atoms with van der Waals surface area (Å²) in [5.74, 6) is -3.98. The van der Waals surface area contributed by atoms with Crippen LogP contribution in [0.4, 0.5) is 49.5 Å². The average molecular weight is 500 g/mol. The van der Waals surface area contributed by atoms with E-state index in [0.717, 1.165) is 17.0 Å². The number of hydrogen-bond donors (Lipinski definition) is 3. The van der Waals surface area contributed by atoms with E-state index in [-0.39, 0.29) is 35.8 Å². The molecule has 35 heavy (non-hydrogen) atoms. The van der Waals surface area contributed by atoms with Crippen molar-refractivity contribution in [3.8, 4) is 0 Å². The lowest BCUT2D eigenvalue weighted by Gasteiger charge is -2.15. The third kappa shape index (κ3) is 6.43. The summed E-state index contributed by atoms with van der Waals surface area (Å²) < 4.78 is 69.0. The zero-order chi connectivity index (χ0) is 25.7. The van der Waals surface area contributed by atoms with Gasteiger partial charge in [-0.2, -0.15) is 17.6 Å². The molecule has 0 radical (unpaired) electrons. The van der Waals surface area contributed by atoms with Gasteiger partial charge in [-0.05, 0) is 30.3 Å². The molecule has 0 unspecified atom stereocenters. The molecule has 186 valence electrons. The molecule has 0 bridgehead atoms. The first-order valence-electron chi connectivity index (χ1n) is 9.89. The molecule has 2 aromatic rings. The first-order chi connectivity index (χ1) is 16.5. The molecule has 1 atom stereocenters. The van der Waals surface area contributed by atoms with Crippen molar-refractivity contribution < 1.29 is 41.1 Å². The highest BCUT2D eigenvalue weighted by molar-refractivity contribution is 5.93. The maximum Gasteiger partial charge on any atom is 0.414 e. The lowest BCUT2D eigenvalue weighted by molar-refractivity contribution is -0.132. The van der Waals surface area contributed by atoms with Crippen LogP contribution in [0.5, 0.6) is 0 Å². The minimum absolute atomic E-state index is 0.0682. The Hall–Kier alpha value is -4.23. The minimum Gasteiger partial charge on any atom is -0.442 e. The highest BCUT2D eigenvalue weighted by atomic mass is 19.3. The molecule has 1 heterocycles. The van der Waals surface area contributed by atoms with Crippen LogP contribution in [-0.2, 0) is 14.3 Å². The molecule has 3 N–H and O–H groups in total. The number of amides is 3. The molecule has 9 nitrogen and oxygen atoms in total. The largest absolute Gasteiger partial charge is 0.442 e. The van der Waals surface area contributed by atoms with Crippen LogP contribution in [0.3, 0.4) is 0 Å². The molecule has 0 aliphatic carbocycles. The Kier molecular flexibility index (Phi) is 7.83. The van der Waals surface area contributed by atoms with Crippen molar-refractivity contribution >= 4 is 40.7 Å². The molecule has 1 fully saturated rings. The number of cyclic esters (lactones) is 1. The summed E-state index contributed by atoms with van der Waals surface area (Å²) in [6.07, 6.45) is -8.31. The second-order valence-electron chi connectivity index (χ2n) is 7.14. The Bertz CT molecular complexity index is 1200. The fourth-order valence-corrected chi connectivity index (χ4v) is 3.02. The van der Waals surface area contributed by atoms with Crippen LogP contribution in [0.25, 0.3) is 0 Å². The van der Waals surface area contributed by atoms with Crippen molar-refractivity contribution in [1.82, 2.24) is 5.32 Å². The van der Waals surface area contributed by atoms with Gasteiger partial charge in [0.2, 0.25) is 5.43 Å². The zero-order valence-corrected chi connectivity index (χ0v) is 17.6. The van der Waals surface area contributed by atoms with Gasteiger partial charge in [-0.3, -0.25) is 19.3 Å². The number of carbonyl (C=O) groups excluding carboxylic acids is 3. The van der Waals surface area contributed by atoms with Gasteiger partial charge < -0.3 is 20.7 Å². The SMILES string of the molecule is O=C(NC[C@H]1CN(c2ccc(Nc3cccc(NC(=O)C(F)F)cc3=O)c(F)c2)C(=O)O1)C(F)F. The first-order valence-corrected chi connectivity index (χ1v) is 9.89. The Morgan fingerprint density at radius 2 is 1.71 bits per heavy atom. The van der Waals surface area contributed by atoms with Crippen LogP contribution in [0, 0.1) is 5.82 Å². The molecule has 3 rings (SSSR count). The summed E-state index contributed by atoms with van der Waals surface area (Å²) in [5.41, 5.74) is -1.15. The number of benzene rings is 1. The van der Waals surface area contributed by atoms with Gasteiger partial charge in [0.05, 0.1) is 30.2 Å². The lowest BCUT2D eigenvalue weighted by Crippen LogP contribution is -2.37. The summed E-state index contributed by atoms with van der Waals surface area (Å²) in [5, 5.41) is 6.34. The van der Waals surface area contributed by atoms with E-state index in [0.29, 0.717) is 0 Å². The van der Waals surface area contributed by atoms with Crippen molar-refractivity contribution in [3.05, 3.63) is 58.5 Å². The normalized spacial score (nSPS) is 15.2. The smallest absolute Gasteiger partial charge is 0.414 e. The topological polar surface area (TPSA) is 117 Å².